The number of rotatable bonds is 7. The van der Waals surface area contributed by atoms with Crippen LogP contribution in [0, 0.1) is 0 Å². The summed E-state index contributed by atoms with van der Waals surface area (Å²) in [5.41, 5.74) is -0.0983. The monoisotopic (exact) mass is 313 g/mol. The molecule has 0 bridgehead atoms. The fourth-order valence-electron chi connectivity index (χ4n) is 2.19. The first-order valence-corrected chi connectivity index (χ1v) is 8.54. The molecule has 0 aromatic rings. The molecule has 1 atom stereocenters. The molecule has 0 aliphatic rings. The van der Waals surface area contributed by atoms with Gasteiger partial charge in [-0.15, -0.1) is 0 Å². The van der Waals surface area contributed by atoms with Crippen LogP contribution in [0.25, 0.3) is 0 Å². The number of carbonyl (C=O) groups is 1. The molecule has 0 saturated carbocycles. The molecule has 22 heavy (non-hydrogen) atoms. The molecule has 0 fully saturated rings. The molecular weight excluding hydrogens is 274 g/mol. The summed E-state index contributed by atoms with van der Waals surface area (Å²) in [6, 6.07) is -0.131. The molecule has 0 aromatic heterocycles. The molecule has 4 nitrogen and oxygen atoms in total. The molecule has 3 N–H and O–H groups in total. The second kappa shape index (κ2) is 8.30. The van der Waals surface area contributed by atoms with Crippen LogP contribution in [0.1, 0.15) is 81.6 Å². The average molecular weight is 314 g/mol. The Labute approximate surface area is 138 Å². The van der Waals surface area contributed by atoms with E-state index in [4.69, 9.17) is 0 Å². The van der Waals surface area contributed by atoms with E-state index in [1.165, 1.54) is 0 Å². The van der Waals surface area contributed by atoms with Crippen LogP contribution in [0.5, 0.6) is 0 Å². The SMILES string of the molecule is CC(C)(C)NCCCC[C@H](NC(C)(C)C)C(=O)NC(C)(C)C. The van der Waals surface area contributed by atoms with Gasteiger partial charge in [0.2, 0.25) is 5.91 Å². The predicted octanol–water partition coefficient (Wildman–Crippen LogP) is 3.22. The zero-order chi connectivity index (χ0) is 17.6. The first-order chi connectivity index (χ1) is 9.70. The van der Waals surface area contributed by atoms with Gasteiger partial charge in [0, 0.05) is 16.6 Å². The zero-order valence-corrected chi connectivity index (χ0v) is 16.3. The van der Waals surface area contributed by atoms with Crippen LogP contribution in [0.4, 0.5) is 0 Å². The van der Waals surface area contributed by atoms with Crippen molar-refractivity contribution in [1.29, 1.82) is 0 Å². The van der Waals surface area contributed by atoms with Crippen molar-refractivity contribution in [3.05, 3.63) is 0 Å². The van der Waals surface area contributed by atoms with Crippen LogP contribution in [0.15, 0.2) is 0 Å². The van der Waals surface area contributed by atoms with E-state index in [9.17, 15) is 4.79 Å². The molecule has 0 radical (unpaired) electrons. The molecular formula is C18H39N3O. The molecule has 0 rings (SSSR count). The van der Waals surface area contributed by atoms with E-state index < -0.39 is 0 Å². The third kappa shape index (κ3) is 13.1. The van der Waals surface area contributed by atoms with E-state index in [1.54, 1.807) is 0 Å². The third-order valence-corrected chi connectivity index (χ3v) is 3.00. The standard InChI is InChI=1S/C18H39N3O/c1-16(2,3)19-13-11-10-12-14(20-17(4,5)6)15(22)21-18(7,8)9/h14,19-20H,10-13H2,1-9H3,(H,21,22)/t14-/m0/s1. The van der Waals surface area contributed by atoms with Crippen LogP contribution in [0.2, 0.25) is 0 Å². The maximum Gasteiger partial charge on any atom is 0.237 e. The average Bonchev–Trinajstić information content (AvgIpc) is 2.21. The fraction of sp³-hybridized carbons (Fsp3) is 0.944. The van der Waals surface area contributed by atoms with Crippen molar-refractivity contribution in [3.8, 4) is 0 Å². The van der Waals surface area contributed by atoms with Crippen LogP contribution in [-0.4, -0.2) is 35.1 Å². The third-order valence-electron chi connectivity index (χ3n) is 3.00. The first-order valence-electron chi connectivity index (χ1n) is 8.54. The van der Waals surface area contributed by atoms with Gasteiger partial charge in [-0.3, -0.25) is 4.79 Å². The number of hydrogen-bond acceptors (Lipinski definition) is 3. The van der Waals surface area contributed by atoms with Crippen molar-refractivity contribution in [2.24, 2.45) is 0 Å². The lowest BCUT2D eigenvalue weighted by molar-refractivity contribution is -0.125. The minimum atomic E-state index is -0.192. The van der Waals surface area contributed by atoms with Crippen LogP contribution in [-0.2, 0) is 4.79 Å². The smallest absolute Gasteiger partial charge is 0.237 e. The van der Waals surface area contributed by atoms with Gasteiger partial charge in [0.25, 0.3) is 0 Å². The summed E-state index contributed by atoms with van der Waals surface area (Å²) in [5, 5.41) is 10.0. The van der Waals surface area contributed by atoms with Crippen LogP contribution >= 0.6 is 0 Å². The van der Waals surface area contributed by atoms with Crippen molar-refractivity contribution in [2.75, 3.05) is 6.54 Å². The molecule has 0 aliphatic heterocycles. The quantitative estimate of drug-likeness (QED) is 0.633. The molecule has 0 aromatic carbocycles. The van der Waals surface area contributed by atoms with Gasteiger partial charge in [-0.1, -0.05) is 6.42 Å². The molecule has 4 heteroatoms. The molecule has 132 valence electrons. The van der Waals surface area contributed by atoms with Gasteiger partial charge in [0.05, 0.1) is 6.04 Å². The normalized spacial score (nSPS) is 14.8. The van der Waals surface area contributed by atoms with E-state index in [0.717, 1.165) is 25.8 Å². The molecule has 0 saturated heterocycles. The number of carbonyl (C=O) groups excluding carboxylic acids is 1. The predicted molar refractivity (Wildman–Crippen MR) is 96.2 cm³/mol. The minimum absolute atomic E-state index is 0.0659. The Balaban J connectivity index is 4.40. The van der Waals surface area contributed by atoms with E-state index in [2.05, 4.69) is 57.5 Å². The lowest BCUT2D eigenvalue weighted by atomic mass is 10.0. The Hall–Kier alpha value is -0.610. The summed E-state index contributed by atoms with van der Waals surface area (Å²) in [5.74, 6) is 0.103. The largest absolute Gasteiger partial charge is 0.350 e. The minimum Gasteiger partial charge on any atom is -0.350 e. The van der Waals surface area contributed by atoms with Crippen LogP contribution < -0.4 is 16.0 Å². The first kappa shape index (κ1) is 21.4. The molecule has 0 aliphatic carbocycles. The van der Waals surface area contributed by atoms with Crippen molar-refractivity contribution in [3.63, 3.8) is 0 Å². The Morgan fingerprint density at radius 1 is 0.818 bits per heavy atom. The van der Waals surface area contributed by atoms with E-state index in [0.29, 0.717) is 0 Å². The van der Waals surface area contributed by atoms with Crippen molar-refractivity contribution in [1.82, 2.24) is 16.0 Å². The van der Waals surface area contributed by atoms with Gasteiger partial charge < -0.3 is 16.0 Å². The highest BCUT2D eigenvalue weighted by molar-refractivity contribution is 5.82. The summed E-state index contributed by atoms with van der Waals surface area (Å²) in [6.45, 7) is 19.9. The van der Waals surface area contributed by atoms with Gasteiger partial charge in [-0.25, -0.2) is 0 Å². The van der Waals surface area contributed by atoms with E-state index in [-0.39, 0.29) is 28.6 Å². The number of amides is 1. The van der Waals surface area contributed by atoms with Gasteiger partial charge >= 0.3 is 0 Å². The van der Waals surface area contributed by atoms with Gasteiger partial charge in [-0.2, -0.15) is 0 Å². The molecule has 0 spiro atoms. The van der Waals surface area contributed by atoms with Crippen molar-refractivity contribution < 1.29 is 4.79 Å². The zero-order valence-electron chi connectivity index (χ0n) is 16.3. The summed E-state index contributed by atoms with van der Waals surface area (Å²) >= 11 is 0. The summed E-state index contributed by atoms with van der Waals surface area (Å²) in [6.07, 6.45) is 2.99. The summed E-state index contributed by atoms with van der Waals surface area (Å²) < 4.78 is 0. The van der Waals surface area contributed by atoms with Gasteiger partial charge in [-0.05, 0) is 81.7 Å². The topological polar surface area (TPSA) is 53.2 Å². The summed E-state index contributed by atoms with van der Waals surface area (Å²) in [4.78, 5) is 12.5. The van der Waals surface area contributed by atoms with Crippen LogP contribution in [0.3, 0.4) is 0 Å². The highest BCUT2D eigenvalue weighted by Crippen LogP contribution is 2.10. The van der Waals surface area contributed by atoms with Crippen molar-refractivity contribution in [2.45, 2.75) is 104 Å². The van der Waals surface area contributed by atoms with Gasteiger partial charge in [0.15, 0.2) is 0 Å². The second-order valence-electron chi connectivity index (χ2n) is 9.36. The maximum atomic E-state index is 12.5. The fourth-order valence-corrected chi connectivity index (χ4v) is 2.19. The Bertz CT molecular complexity index is 332. The maximum absolute atomic E-state index is 12.5. The Morgan fingerprint density at radius 2 is 1.36 bits per heavy atom. The lowest BCUT2D eigenvalue weighted by Gasteiger charge is -2.31. The number of nitrogens with one attached hydrogen (secondary N) is 3. The van der Waals surface area contributed by atoms with Crippen molar-refractivity contribution >= 4 is 5.91 Å². The molecule has 0 heterocycles. The Kier molecular flexibility index (Phi) is 8.07. The highest BCUT2D eigenvalue weighted by atomic mass is 16.2. The summed E-state index contributed by atoms with van der Waals surface area (Å²) in [7, 11) is 0. The molecule has 0 unspecified atom stereocenters. The lowest BCUT2D eigenvalue weighted by Crippen LogP contribution is -2.55. The van der Waals surface area contributed by atoms with E-state index >= 15 is 0 Å². The Morgan fingerprint density at radius 3 is 1.77 bits per heavy atom. The second-order valence-corrected chi connectivity index (χ2v) is 9.36. The number of hydrogen-bond donors (Lipinski definition) is 3. The van der Waals surface area contributed by atoms with E-state index in [1.807, 2.05) is 20.8 Å². The van der Waals surface area contributed by atoms with Gasteiger partial charge in [0.1, 0.15) is 0 Å². The highest BCUT2D eigenvalue weighted by Gasteiger charge is 2.26. The molecule has 1 amide bonds. The number of unbranched alkanes of at least 4 members (excludes halogenated alkanes) is 1.